The summed E-state index contributed by atoms with van der Waals surface area (Å²) < 4.78 is 1.03. The van der Waals surface area contributed by atoms with Crippen molar-refractivity contribution in [2.75, 3.05) is 6.54 Å². The quantitative estimate of drug-likeness (QED) is 0.832. The monoisotopic (exact) mass is 252 g/mol. The van der Waals surface area contributed by atoms with Crippen molar-refractivity contribution in [3.05, 3.63) is 34.3 Å². The van der Waals surface area contributed by atoms with E-state index in [1.165, 1.54) is 6.07 Å². The van der Waals surface area contributed by atoms with Crippen molar-refractivity contribution in [2.45, 2.75) is 6.42 Å². The van der Waals surface area contributed by atoms with Gasteiger partial charge in [0.15, 0.2) is 6.07 Å². The van der Waals surface area contributed by atoms with Crippen molar-refractivity contribution in [1.82, 2.24) is 5.32 Å². The molecular formula is C10H9BrN2O. The summed E-state index contributed by atoms with van der Waals surface area (Å²) in [4.78, 5) is 10.6. The van der Waals surface area contributed by atoms with Gasteiger partial charge in [-0.15, -0.1) is 0 Å². The lowest BCUT2D eigenvalue weighted by molar-refractivity contribution is -0.115. The van der Waals surface area contributed by atoms with Gasteiger partial charge >= 0.3 is 5.91 Å². The Hall–Kier alpha value is -1.34. The summed E-state index contributed by atoms with van der Waals surface area (Å²) in [7, 11) is 0. The van der Waals surface area contributed by atoms with E-state index in [0.29, 0.717) is 6.54 Å². The van der Waals surface area contributed by atoms with Crippen molar-refractivity contribution >= 4 is 21.8 Å². The number of amides is 1. The second kappa shape index (κ2) is 5.40. The molecule has 0 radical (unpaired) electrons. The van der Waals surface area contributed by atoms with Gasteiger partial charge in [-0.2, -0.15) is 5.26 Å². The van der Waals surface area contributed by atoms with Crippen LogP contribution < -0.4 is 5.32 Å². The van der Waals surface area contributed by atoms with Crippen LogP contribution in [0.15, 0.2) is 28.7 Å². The fourth-order valence-corrected chi connectivity index (χ4v) is 1.28. The topological polar surface area (TPSA) is 52.9 Å². The van der Waals surface area contributed by atoms with Crippen molar-refractivity contribution in [3.63, 3.8) is 0 Å². The first-order valence-electron chi connectivity index (χ1n) is 4.15. The van der Waals surface area contributed by atoms with Crippen LogP contribution in [0.1, 0.15) is 5.56 Å². The zero-order valence-corrected chi connectivity index (χ0v) is 9.04. The second-order valence-corrected chi connectivity index (χ2v) is 3.66. The van der Waals surface area contributed by atoms with Gasteiger partial charge in [0.1, 0.15) is 0 Å². The Bertz CT molecular complexity index is 353. The van der Waals surface area contributed by atoms with Crippen molar-refractivity contribution in [1.29, 1.82) is 5.26 Å². The lowest BCUT2D eigenvalue weighted by Crippen LogP contribution is -2.23. The average molecular weight is 253 g/mol. The summed E-state index contributed by atoms with van der Waals surface area (Å²) in [5, 5.41) is 10.7. The van der Waals surface area contributed by atoms with Crippen LogP contribution in [0.4, 0.5) is 0 Å². The molecular weight excluding hydrogens is 244 g/mol. The van der Waals surface area contributed by atoms with E-state index in [9.17, 15) is 4.79 Å². The summed E-state index contributed by atoms with van der Waals surface area (Å²) in [6.07, 6.45) is 0.737. The van der Waals surface area contributed by atoms with Crippen LogP contribution in [0, 0.1) is 11.3 Å². The third-order valence-electron chi connectivity index (χ3n) is 1.71. The fraction of sp³-hybridized carbons (Fsp3) is 0.200. The zero-order chi connectivity index (χ0) is 10.4. The molecule has 0 heterocycles. The predicted octanol–water partition coefficient (Wildman–Crippen LogP) is 1.63. The van der Waals surface area contributed by atoms with Gasteiger partial charge in [-0.3, -0.25) is 4.79 Å². The number of nitrogens with one attached hydrogen (secondary N) is 1. The third kappa shape index (κ3) is 3.58. The molecule has 0 aromatic heterocycles. The Labute approximate surface area is 90.9 Å². The highest BCUT2D eigenvalue weighted by Crippen LogP contribution is 2.10. The number of halogens is 1. The molecule has 0 fully saturated rings. The number of carbonyl (C=O) groups is 1. The van der Waals surface area contributed by atoms with Crippen LogP contribution in [-0.2, 0) is 11.2 Å². The number of nitriles is 1. The van der Waals surface area contributed by atoms with E-state index < -0.39 is 5.91 Å². The Morgan fingerprint density at radius 2 is 2.07 bits per heavy atom. The minimum atomic E-state index is -0.581. The van der Waals surface area contributed by atoms with Crippen LogP contribution in [0.5, 0.6) is 0 Å². The highest BCUT2D eigenvalue weighted by molar-refractivity contribution is 9.10. The molecule has 3 nitrogen and oxygen atoms in total. The molecule has 4 heteroatoms. The van der Waals surface area contributed by atoms with Gasteiger partial charge in [-0.1, -0.05) is 28.1 Å². The summed E-state index contributed by atoms with van der Waals surface area (Å²) in [6.45, 7) is 0.494. The normalized spacial score (nSPS) is 9.14. The molecule has 1 aromatic carbocycles. The first-order chi connectivity index (χ1) is 6.72. The highest BCUT2D eigenvalue weighted by Gasteiger charge is 1.97. The molecule has 1 N–H and O–H groups in total. The smallest absolute Gasteiger partial charge is 0.322 e. The zero-order valence-electron chi connectivity index (χ0n) is 7.46. The van der Waals surface area contributed by atoms with E-state index in [0.717, 1.165) is 16.5 Å². The van der Waals surface area contributed by atoms with Gasteiger partial charge in [0.05, 0.1) is 0 Å². The molecule has 0 saturated carbocycles. The third-order valence-corrected chi connectivity index (χ3v) is 2.24. The molecule has 0 aliphatic rings. The Kier molecular flexibility index (Phi) is 4.14. The largest absolute Gasteiger partial charge is 0.343 e. The van der Waals surface area contributed by atoms with E-state index >= 15 is 0 Å². The first-order valence-corrected chi connectivity index (χ1v) is 4.94. The maximum absolute atomic E-state index is 10.6. The van der Waals surface area contributed by atoms with E-state index in [1.807, 2.05) is 24.3 Å². The van der Waals surface area contributed by atoms with Crippen molar-refractivity contribution < 1.29 is 4.79 Å². The summed E-state index contributed by atoms with van der Waals surface area (Å²) in [5.74, 6) is -0.581. The summed E-state index contributed by atoms with van der Waals surface area (Å²) in [6, 6.07) is 9.34. The molecule has 0 aliphatic carbocycles. The van der Waals surface area contributed by atoms with Crippen molar-refractivity contribution in [3.8, 4) is 6.07 Å². The highest BCUT2D eigenvalue weighted by atomic mass is 79.9. The summed E-state index contributed by atoms with van der Waals surface area (Å²) >= 11 is 3.34. The molecule has 14 heavy (non-hydrogen) atoms. The molecule has 0 unspecified atom stereocenters. The van der Waals surface area contributed by atoms with Gasteiger partial charge < -0.3 is 5.32 Å². The number of hydrogen-bond donors (Lipinski definition) is 1. The molecule has 72 valence electrons. The second-order valence-electron chi connectivity index (χ2n) is 2.74. The Morgan fingerprint density at radius 1 is 1.43 bits per heavy atom. The SMILES string of the molecule is N#CC(=O)NCCc1ccc(Br)cc1. The summed E-state index contributed by atoms with van der Waals surface area (Å²) in [5.41, 5.74) is 1.13. The first kappa shape index (κ1) is 10.7. The van der Waals surface area contributed by atoms with E-state index in [4.69, 9.17) is 5.26 Å². The number of hydrogen-bond acceptors (Lipinski definition) is 2. The van der Waals surface area contributed by atoms with Gasteiger partial charge in [0.2, 0.25) is 0 Å². The number of carbonyl (C=O) groups excluding carboxylic acids is 1. The standard InChI is InChI=1S/C10H9BrN2O/c11-9-3-1-8(2-4-9)5-6-13-10(14)7-12/h1-4H,5-6H2,(H,13,14). The molecule has 1 rings (SSSR count). The van der Waals surface area contributed by atoms with Crippen LogP contribution in [0.25, 0.3) is 0 Å². The van der Waals surface area contributed by atoms with Crippen LogP contribution in [0.2, 0.25) is 0 Å². The van der Waals surface area contributed by atoms with Gasteiger partial charge in [0.25, 0.3) is 0 Å². The molecule has 0 atom stereocenters. The Balaban J connectivity index is 2.36. The van der Waals surface area contributed by atoms with Crippen LogP contribution in [0.3, 0.4) is 0 Å². The van der Waals surface area contributed by atoms with E-state index in [1.54, 1.807) is 0 Å². The minimum absolute atomic E-state index is 0.494. The number of benzene rings is 1. The van der Waals surface area contributed by atoms with Gasteiger partial charge in [0, 0.05) is 11.0 Å². The lowest BCUT2D eigenvalue weighted by atomic mass is 10.1. The van der Waals surface area contributed by atoms with Crippen LogP contribution >= 0.6 is 15.9 Å². The maximum Gasteiger partial charge on any atom is 0.322 e. The molecule has 0 aliphatic heterocycles. The lowest BCUT2D eigenvalue weighted by Gasteiger charge is -2.01. The number of rotatable bonds is 3. The molecule has 1 amide bonds. The van der Waals surface area contributed by atoms with E-state index in [-0.39, 0.29) is 0 Å². The maximum atomic E-state index is 10.6. The van der Waals surface area contributed by atoms with Crippen molar-refractivity contribution in [2.24, 2.45) is 0 Å². The molecule has 0 saturated heterocycles. The molecule has 0 spiro atoms. The molecule has 1 aromatic rings. The molecule has 0 bridgehead atoms. The van der Waals surface area contributed by atoms with Crippen LogP contribution in [-0.4, -0.2) is 12.5 Å². The predicted molar refractivity (Wildman–Crippen MR) is 56.5 cm³/mol. The minimum Gasteiger partial charge on any atom is -0.343 e. The van der Waals surface area contributed by atoms with Gasteiger partial charge in [-0.05, 0) is 24.1 Å². The van der Waals surface area contributed by atoms with E-state index in [2.05, 4.69) is 21.2 Å². The average Bonchev–Trinajstić information content (AvgIpc) is 2.21. The number of nitrogens with zero attached hydrogens (tertiary/aromatic N) is 1. The van der Waals surface area contributed by atoms with Gasteiger partial charge in [-0.25, -0.2) is 0 Å². The fourth-order valence-electron chi connectivity index (χ4n) is 1.01. The Morgan fingerprint density at radius 3 is 2.64 bits per heavy atom.